The monoisotopic (exact) mass is 256 g/mol. The van der Waals surface area contributed by atoms with E-state index in [-0.39, 0.29) is 22.0 Å². The second-order valence-electron chi connectivity index (χ2n) is 4.43. The number of nitrogens with zero attached hydrogens (tertiary/aromatic N) is 3. The van der Waals surface area contributed by atoms with Gasteiger partial charge in [0.15, 0.2) is 0 Å². The Morgan fingerprint density at radius 3 is 2.00 bits per heavy atom. The third-order valence-corrected chi connectivity index (χ3v) is 1.89. The second-order valence-corrected chi connectivity index (χ2v) is 4.43. The van der Waals surface area contributed by atoms with E-state index < -0.39 is 0 Å². The van der Waals surface area contributed by atoms with E-state index in [0.29, 0.717) is 0 Å². The molecule has 0 aromatic rings. The number of amidine groups is 1. The largest absolute Gasteiger partial charge is 0.464 e. The van der Waals surface area contributed by atoms with Gasteiger partial charge in [-0.2, -0.15) is 0 Å². The van der Waals surface area contributed by atoms with Crippen molar-refractivity contribution in [3.63, 3.8) is 0 Å². The first-order valence-corrected chi connectivity index (χ1v) is 5.35. The number of aliphatic imine (C=N–C) groups is 1. The Hall–Kier alpha value is -0.0765. The molecule has 3 nitrogen and oxygen atoms in total. The molecule has 0 radical (unpaired) electrons. The predicted octanol–water partition coefficient (Wildman–Crippen LogP) is 2.87. The molecule has 0 amide bonds. The molecule has 0 aliphatic heterocycles. The van der Waals surface area contributed by atoms with Gasteiger partial charge in [0.2, 0.25) is 0 Å². The maximum absolute atomic E-state index is 4.47. The summed E-state index contributed by atoms with van der Waals surface area (Å²) in [5.41, 5.74) is -0.0170. The Kier molecular flexibility index (Phi) is 9.38. The summed E-state index contributed by atoms with van der Waals surface area (Å²) in [4.78, 5) is 6.74. The first-order valence-electron chi connectivity index (χ1n) is 5.35. The van der Waals surface area contributed by atoms with Gasteiger partial charge in [0.05, 0.1) is 0 Å². The fourth-order valence-corrected chi connectivity index (χ4v) is 1.15. The fraction of sp³-hybridized carbons (Fsp3) is 0.909. The van der Waals surface area contributed by atoms with Crippen molar-refractivity contribution < 1.29 is 16.5 Å². The Labute approximate surface area is 105 Å². The molecule has 0 aliphatic carbocycles. The van der Waals surface area contributed by atoms with Crippen LogP contribution < -0.4 is 0 Å². The van der Waals surface area contributed by atoms with E-state index in [1.807, 2.05) is 6.92 Å². The molecule has 0 bridgehead atoms. The summed E-state index contributed by atoms with van der Waals surface area (Å²) in [6.45, 7) is 15.4. The quantitative estimate of drug-likeness (QED) is 0.432. The van der Waals surface area contributed by atoms with E-state index in [2.05, 4.69) is 49.8 Å². The summed E-state index contributed by atoms with van der Waals surface area (Å²) in [5.74, 6) is 0.893. The Morgan fingerprint density at radius 1 is 1.20 bits per heavy atom. The summed E-state index contributed by atoms with van der Waals surface area (Å²) < 4.78 is 0. The van der Waals surface area contributed by atoms with E-state index in [0.717, 1.165) is 25.6 Å². The smallest absolute Gasteiger partial charge is 0.00182 e. The summed E-state index contributed by atoms with van der Waals surface area (Å²) >= 11 is 0. The van der Waals surface area contributed by atoms with Crippen LogP contribution in [0, 0.1) is 0 Å². The van der Waals surface area contributed by atoms with E-state index in [9.17, 15) is 0 Å². The molecule has 15 heavy (non-hydrogen) atoms. The van der Waals surface area contributed by atoms with E-state index in [1.165, 1.54) is 0 Å². The molecule has 0 aliphatic rings. The zero-order chi connectivity index (χ0) is 11.2. The van der Waals surface area contributed by atoms with Gasteiger partial charge in [0.25, 0.3) is 0 Å². The Balaban J connectivity index is 0. The first-order chi connectivity index (χ1) is 6.39. The van der Waals surface area contributed by atoms with Crippen LogP contribution in [0.5, 0.6) is 0 Å². The molecule has 0 saturated carbocycles. The molecular formula is C11H24N3Ni-. The van der Waals surface area contributed by atoms with Gasteiger partial charge in [0.1, 0.15) is 0 Å². The van der Waals surface area contributed by atoms with Crippen LogP contribution in [0.1, 0.15) is 41.5 Å². The normalized spacial score (nSPS) is 12.6. The fourth-order valence-electron chi connectivity index (χ4n) is 1.15. The molecule has 94 valence electrons. The van der Waals surface area contributed by atoms with Gasteiger partial charge in [0, 0.05) is 23.2 Å². The molecule has 0 aromatic carbocycles. The summed E-state index contributed by atoms with van der Waals surface area (Å²) in [6.07, 6.45) is 0. The summed E-state index contributed by atoms with van der Waals surface area (Å²) in [7, 11) is 0. The Bertz CT molecular complexity index is 181. The van der Waals surface area contributed by atoms with E-state index in [4.69, 9.17) is 0 Å². The van der Waals surface area contributed by atoms with E-state index in [1.54, 1.807) is 0 Å². The van der Waals surface area contributed by atoms with Crippen LogP contribution in [-0.4, -0.2) is 36.0 Å². The first kappa shape index (κ1) is 17.3. The molecule has 0 aromatic heterocycles. The SMILES string of the molecule is CCN(CC)C[N-]C(C)=NC(C)(C)C.[Ni]. The van der Waals surface area contributed by atoms with Crippen molar-refractivity contribution in [1.82, 2.24) is 4.90 Å². The van der Waals surface area contributed by atoms with Gasteiger partial charge in [-0.25, -0.2) is 0 Å². The van der Waals surface area contributed by atoms with Crippen LogP contribution >= 0.6 is 0 Å². The van der Waals surface area contributed by atoms with Crippen LogP contribution in [0.4, 0.5) is 0 Å². The number of hydrogen-bond acceptors (Lipinski definition) is 2. The van der Waals surface area contributed by atoms with Crippen molar-refractivity contribution in [3.05, 3.63) is 5.32 Å². The van der Waals surface area contributed by atoms with Gasteiger partial charge in [-0.05, 0) is 25.6 Å². The van der Waals surface area contributed by atoms with Gasteiger partial charge in [-0.15, -0.1) is 0 Å². The number of rotatable bonds is 4. The average Bonchev–Trinajstić information content (AvgIpc) is 2.03. The van der Waals surface area contributed by atoms with Crippen LogP contribution in [0.3, 0.4) is 0 Å². The second kappa shape index (κ2) is 8.12. The van der Waals surface area contributed by atoms with Gasteiger partial charge < -0.3 is 15.2 Å². The average molecular weight is 257 g/mol. The van der Waals surface area contributed by atoms with Crippen molar-refractivity contribution in [3.8, 4) is 0 Å². The number of hydrogen-bond donors (Lipinski definition) is 0. The summed E-state index contributed by atoms with van der Waals surface area (Å²) in [5, 5.41) is 4.43. The molecule has 0 unspecified atom stereocenters. The minimum Gasteiger partial charge on any atom is -0.464 e. The van der Waals surface area contributed by atoms with Crippen molar-refractivity contribution in [1.29, 1.82) is 0 Å². The standard InChI is InChI=1S/C11H24N3.Ni/c1-7-14(8-2)9-12-10(3)13-11(4,5)6;/h7-9H2,1-6H3;/q-1;. The topological polar surface area (TPSA) is 29.7 Å². The van der Waals surface area contributed by atoms with Crippen molar-refractivity contribution in [2.75, 3.05) is 19.8 Å². The van der Waals surface area contributed by atoms with Crippen LogP contribution in [-0.2, 0) is 16.5 Å². The molecule has 0 fully saturated rings. The van der Waals surface area contributed by atoms with Gasteiger partial charge in [-0.1, -0.05) is 40.5 Å². The predicted molar refractivity (Wildman–Crippen MR) is 64.0 cm³/mol. The molecule has 0 heterocycles. The Morgan fingerprint density at radius 2 is 1.67 bits per heavy atom. The third kappa shape index (κ3) is 10.2. The zero-order valence-corrected chi connectivity index (χ0v) is 11.8. The summed E-state index contributed by atoms with van der Waals surface area (Å²) in [6, 6.07) is 0. The van der Waals surface area contributed by atoms with Crippen LogP contribution in [0.2, 0.25) is 0 Å². The molecular weight excluding hydrogens is 233 g/mol. The van der Waals surface area contributed by atoms with Gasteiger partial charge >= 0.3 is 0 Å². The van der Waals surface area contributed by atoms with Crippen molar-refractivity contribution in [2.45, 2.75) is 47.1 Å². The molecule has 0 saturated heterocycles. The van der Waals surface area contributed by atoms with Crippen molar-refractivity contribution in [2.24, 2.45) is 4.99 Å². The third-order valence-electron chi connectivity index (χ3n) is 1.89. The minimum absolute atomic E-state index is 0. The zero-order valence-electron chi connectivity index (χ0n) is 10.8. The van der Waals surface area contributed by atoms with E-state index >= 15 is 0 Å². The maximum Gasteiger partial charge on any atom is 0.00182 e. The molecule has 0 atom stereocenters. The van der Waals surface area contributed by atoms with Crippen molar-refractivity contribution >= 4 is 5.84 Å². The van der Waals surface area contributed by atoms with Crippen LogP contribution in [0.15, 0.2) is 4.99 Å². The van der Waals surface area contributed by atoms with Gasteiger partial charge in [-0.3, -0.25) is 0 Å². The molecule has 0 rings (SSSR count). The molecule has 0 N–H and O–H groups in total. The molecule has 0 spiro atoms. The minimum atomic E-state index is -0.0170. The molecule has 4 heteroatoms. The maximum atomic E-state index is 4.47. The van der Waals surface area contributed by atoms with Crippen LogP contribution in [0.25, 0.3) is 5.32 Å².